The van der Waals surface area contributed by atoms with Gasteiger partial charge in [-0.05, 0) is 61.0 Å². The van der Waals surface area contributed by atoms with Crippen molar-refractivity contribution in [3.63, 3.8) is 0 Å². The predicted octanol–water partition coefficient (Wildman–Crippen LogP) is 3.09. The fourth-order valence-electron chi connectivity index (χ4n) is 2.69. The number of esters is 1. The first-order valence-corrected chi connectivity index (χ1v) is 11.5. The van der Waals surface area contributed by atoms with Crippen LogP contribution in [0.4, 0.5) is 17.2 Å². The van der Waals surface area contributed by atoms with Gasteiger partial charge in [-0.1, -0.05) is 24.6 Å². The Bertz CT molecular complexity index is 1250. The molecule has 0 bridgehead atoms. The molecule has 172 valence electrons. The van der Waals surface area contributed by atoms with Gasteiger partial charge in [-0.3, -0.25) is 9.52 Å². The highest BCUT2D eigenvalue weighted by Gasteiger charge is 2.23. The van der Waals surface area contributed by atoms with E-state index in [0.29, 0.717) is 11.4 Å². The molecule has 0 aliphatic carbocycles. The third-order valence-corrected chi connectivity index (χ3v) is 5.91. The lowest BCUT2D eigenvalue weighted by Gasteiger charge is -2.16. The molecule has 1 atom stereocenters. The van der Waals surface area contributed by atoms with Crippen LogP contribution in [0.3, 0.4) is 0 Å². The third-order valence-electron chi connectivity index (χ3n) is 4.34. The summed E-state index contributed by atoms with van der Waals surface area (Å²) < 4.78 is 32.5. The fourth-order valence-corrected chi connectivity index (χ4v) is 3.79. The van der Waals surface area contributed by atoms with Gasteiger partial charge < -0.3 is 15.8 Å². The Hall–Kier alpha value is -3.70. The molecule has 10 nitrogen and oxygen atoms in total. The Kier molecular flexibility index (Phi) is 7.46. The molecular formula is C21H20ClN5O5S. The van der Waals surface area contributed by atoms with Gasteiger partial charge in [-0.25, -0.2) is 13.2 Å². The number of amides is 1. The highest BCUT2D eigenvalue weighted by atomic mass is 35.5. The smallest absolute Gasteiger partial charge is 0.338 e. The SMILES string of the molecule is CCC(OC(=O)c1cccc(N)c1)C(=O)Nc1ccc(S(=O)(=O)Nc2ccc(Cl)nn2)cc1. The zero-order valence-corrected chi connectivity index (χ0v) is 18.9. The van der Waals surface area contributed by atoms with Crippen molar-refractivity contribution in [3.8, 4) is 0 Å². The number of nitrogen functional groups attached to an aromatic ring is 1. The molecule has 1 aromatic heterocycles. The van der Waals surface area contributed by atoms with Crippen molar-refractivity contribution in [2.45, 2.75) is 24.3 Å². The van der Waals surface area contributed by atoms with Crippen molar-refractivity contribution < 1.29 is 22.7 Å². The monoisotopic (exact) mass is 489 g/mol. The average molecular weight is 490 g/mol. The average Bonchev–Trinajstić information content (AvgIpc) is 2.79. The maximum atomic E-state index is 12.6. The molecule has 3 aromatic rings. The summed E-state index contributed by atoms with van der Waals surface area (Å²) >= 11 is 5.64. The molecule has 33 heavy (non-hydrogen) atoms. The van der Waals surface area contributed by atoms with Crippen LogP contribution in [-0.2, 0) is 19.6 Å². The molecule has 12 heteroatoms. The summed E-state index contributed by atoms with van der Waals surface area (Å²) in [6, 6.07) is 14.4. The largest absolute Gasteiger partial charge is 0.449 e. The number of aromatic nitrogens is 2. The van der Waals surface area contributed by atoms with E-state index in [1.165, 1.54) is 48.5 Å². The number of sulfonamides is 1. The number of nitrogens with one attached hydrogen (secondary N) is 2. The van der Waals surface area contributed by atoms with Crippen molar-refractivity contribution in [1.82, 2.24) is 10.2 Å². The lowest BCUT2D eigenvalue weighted by Crippen LogP contribution is -2.32. The maximum Gasteiger partial charge on any atom is 0.338 e. The van der Waals surface area contributed by atoms with E-state index in [4.69, 9.17) is 22.1 Å². The molecule has 1 unspecified atom stereocenters. The molecule has 0 aliphatic heterocycles. The Balaban J connectivity index is 1.64. The Morgan fingerprint density at radius 1 is 1.09 bits per heavy atom. The third kappa shape index (κ3) is 6.40. The second-order valence-corrected chi connectivity index (χ2v) is 8.86. The molecule has 0 saturated heterocycles. The number of carbonyl (C=O) groups is 2. The van der Waals surface area contributed by atoms with E-state index in [2.05, 4.69) is 20.2 Å². The van der Waals surface area contributed by atoms with Gasteiger partial charge in [-0.2, -0.15) is 0 Å². The minimum absolute atomic E-state index is 0.00422. The number of anilines is 3. The lowest BCUT2D eigenvalue weighted by atomic mass is 10.2. The minimum atomic E-state index is -3.93. The standard InChI is InChI=1S/C21H20ClN5O5S/c1-2-17(32-21(29)13-4-3-5-14(23)12-13)20(28)24-15-6-8-16(9-7-15)33(30,31)27-19-11-10-18(22)25-26-19/h3-12,17H,2,23H2,1H3,(H,24,28)(H,26,27). The molecule has 0 spiro atoms. The molecule has 0 radical (unpaired) electrons. The van der Waals surface area contributed by atoms with E-state index >= 15 is 0 Å². The number of rotatable bonds is 8. The number of benzene rings is 2. The molecule has 2 aromatic carbocycles. The Morgan fingerprint density at radius 3 is 2.42 bits per heavy atom. The van der Waals surface area contributed by atoms with Crippen LogP contribution in [0.15, 0.2) is 65.6 Å². The molecule has 3 rings (SSSR count). The van der Waals surface area contributed by atoms with Crippen LogP contribution in [0.25, 0.3) is 0 Å². The number of nitrogens with two attached hydrogens (primary N) is 1. The first-order chi connectivity index (χ1) is 15.7. The fraction of sp³-hybridized carbons (Fsp3) is 0.143. The van der Waals surface area contributed by atoms with Gasteiger partial charge in [0.1, 0.15) is 0 Å². The van der Waals surface area contributed by atoms with Gasteiger partial charge >= 0.3 is 5.97 Å². The summed E-state index contributed by atoms with van der Waals surface area (Å²) in [5.41, 5.74) is 6.62. The second-order valence-electron chi connectivity index (χ2n) is 6.79. The maximum absolute atomic E-state index is 12.6. The molecule has 1 heterocycles. The van der Waals surface area contributed by atoms with E-state index in [-0.39, 0.29) is 27.9 Å². The second kappa shape index (κ2) is 10.3. The quantitative estimate of drug-likeness (QED) is 0.322. The van der Waals surface area contributed by atoms with E-state index in [0.717, 1.165) is 0 Å². The molecule has 1 amide bonds. The molecule has 4 N–H and O–H groups in total. The van der Waals surface area contributed by atoms with E-state index < -0.39 is 28.0 Å². The van der Waals surface area contributed by atoms with Crippen LogP contribution >= 0.6 is 11.6 Å². The van der Waals surface area contributed by atoms with Crippen LogP contribution in [0.2, 0.25) is 5.15 Å². The summed E-state index contributed by atoms with van der Waals surface area (Å²) in [6.07, 6.45) is -0.814. The van der Waals surface area contributed by atoms with Crippen molar-refractivity contribution in [3.05, 3.63) is 71.4 Å². The van der Waals surface area contributed by atoms with E-state index in [9.17, 15) is 18.0 Å². The van der Waals surface area contributed by atoms with Crippen LogP contribution in [0.1, 0.15) is 23.7 Å². The predicted molar refractivity (Wildman–Crippen MR) is 123 cm³/mol. The summed E-state index contributed by atoms with van der Waals surface area (Å²) in [6.45, 7) is 1.69. The molecule has 0 aliphatic rings. The Labute approximate surface area is 195 Å². The van der Waals surface area contributed by atoms with Crippen LogP contribution in [0.5, 0.6) is 0 Å². The van der Waals surface area contributed by atoms with Gasteiger partial charge in [-0.15, -0.1) is 10.2 Å². The first-order valence-electron chi connectivity index (χ1n) is 9.67. The van der Waals surface area contributed by atoms with Crippen molar-refractivity contribution in [2.75, 3.05) is 15.8 Å². The first kappa shape index (κ1) is 24.0. The van der Waals surface area contributed by atoms with Crippen LogP contribution in [0, 0.1) is 0 Å². The number of hydrogen-bond donors (Lipinski definition) is 3. The molecule has 0 saturated carbocycles. The summed E-state index contributed by atoms with van der Waals surface area (Å²) in [5, 5.41) is 9.95. The topological polar surface area (TPSA) is 153 Å². The normalized spacial score (nSPS) is 11.9. The van der Waals surface area contributed by atoms with Crippen LogP contribution < -0.4 is 15.8 Å². The number of ether oxygens (including phenoxy) is 1. The van der Waals surface area contributed by atoms with Crippen LogP contribution in [-0.4, -0.2) is 36.6 Å². The zero-order valence-electron chi connectivity index (χ0n) is 17.4. The van der Waals surface area contributed by atoms with E-state index in [1.54, 1.807) is 19.1 Å². The number of hydrogen-bond acceptors (Lipinski definition) is 8. The summed E-state index contributed by atoms with van der Waals surface area (Å²) in [7, 11) is -3.93. The van der Waals surface area contributed by atoms with Gasteiger partial charge in [0.15, 0.2) is 17.1 Å². The lowest BCUT2D eigenvalue weighted by molar-refractivity contribution is -0.124. The van der Waals surface area contributed by atoms with E-state index in [1.807, 2.05) is 0 Å². The van der Waals surface area contributed by atoms with Gasteiger partial charge in [0.05, 0.1) is 10.5 Å². The van der Waals surface area contributed by atoms with Gasteiger partial charge in [0, 0.05) is 11.4 Å². The van der Waals surface area contributed by atoms with Gasteiger partial charge in [0.2, 0.25) is 0 Å². The Morgan fingerprint density at radius 2 is 1.82 bits per heavy atom. The molecule has 0 fully saturated rings. The highest BCUT2D eigenvalue weighted by Crippen LogP contribution is 2.18. The summed E-state index contributed by atoms with van der Waals surface area (Å²) in [5.74, 6) is -1.23. The van der Waals surface area contributed by atoms with Crippen molar-refractivity contribution in [2.24, 2.45) is 0 Å². The highest BCUT2D eigenvalue weighted by molar-refractivity contribution is 7.92. The summed E-state index contributed by atoms with van der Waals surface area (Å²) in [4.78, 5) is 24.8. The number of carbonyl (C=O) groups excluding carboxylic acids is 2. The number of halogens is 1. The van der Waals surface area contributed by atoms with Crippen molar-refractivity contribution >= 4 is 50.7 Å². The zero-order chi connectivity index (χ0) is 24.0. The van der Waals surface area contributed by atoms with Gasteiger partial charge in [0.25, 0.3) is 15.9 Å². The van der Waals surface area contributed by atoms with Crippen molar-refractivity contribution in [1.29, 1.82) is 0 Å². The number of nitrogens with zero attached hydrogens (tertiary/aromatic N) is 2. The minimum Gasteiger partial charge on any atom is -0.449 e. The molecular weight excluding hydrogens is 470 g/mol.